The van der Waals surface area contributed by atoms with Gasteiger partial charge in [-0.2, -0.15) is 0 Å². The molecule has 0 amide bonds. The van der Waals surface area contributed by atoms with E-state index in [0.29, 0.717) is 15.7 Å². The van der Waals surface area contributed by atoms with Crippen LogP contribution in [0, 0.1) is 0 Å². The number of hydrogen-bond acceptors (Lipinski definition) is 4. The zero-order chi connectivity index (χ0) is 12.3. The maximum Gasteiger partial charge on any atom is 0.160 e. The molecule has 0 aliphatic rings. The Morgan fingerprint density at radius 3 is 2.59 bits per heavy atom. The molecule has 0 N–H and O–H groups in total. The van der Waals surface area contributed by atoms with Gasteiger partial charge < -0.3 is 0 Å². The van der Waals surface area contributed by atoms with E-state index in [0.717, 1.165) is 4.90 Å². The fourth-order valence-corrected chi connectivity index (χ4v) is 2.33. The number of aromatic nitrogens is 2. The van der Waals surface area contributed by atoms with Crippen molar-refractivity contribution in [2.24, 2.45) is 0 Å². The zero-order valence-corrected chi connectivity index (χ0v) is 10.6. The van der Waals surface area contributed by atoms with Gasteiger partial charge in [0.2, 0.25) is 0 Å². The van der Waals surface area contributed by atoms with Crippen molar-refractivity contribution in [3.63, 3.8) is 0 Å². The van der Waals surface area contributed by atoms with Gasteiger partial charge in [-0.15, -0.1) is 10.2 Å². The minimum atomic E-state index is 0.0371. The van der Waals surface area contributed by atoms with Crippen LogP contribution in [0.15, 0.2) is 46.3 Å². The van der Waals surface area contributed by atoms with Gasteiger partial charge in [0, 0.05) is 10.5 Å². The van der Waals surface area contributed by atoms with Crippen LogP contribution in [0.3, 0.4) is 0 Å². The van der Waals surface area contributed by atoms with Crippen molar-refractivity contribution in [1.29, 1.82) is 0 Å². The summed E-state index contributed by atoms with van der Waals surface area (Å²) in [6, 6.07) is 10.9. The first kappa shape index (κ1) is 12.1. The van der Waals surface area contributed by atoms with Crippen LogP contribution in [0.4, 0.5) is 0 Å². The molecule has 0 bridgehead atoms. The van der Waals surface area contributed by atoms with Crippen LogP contribution in [0.2, 0.25) is 5.15 Å². The molecule has 0 aliphatic heterocycles. The van der Waals surface area contributed by atoms with Crippen LogP contribution in [-0.4, -0.2) is 16.0 Å². The molecule has 0 unspecified atom stereocenters. The Morgan fingerprint density at radius 2 is 1.94 bits per heavy atom. The minimum absolute atomic E-state index is 0.0371. The molecule has 2 aromatic rings. The summed E-state index contributed by atoms with van der Waals surface area (Å²) in [7, 11) is 0. The molecule has 0 atom stereocenters. The number of carbonyl (C=O) groups excluding carboxylic acids is 1. The molecule has 0 fully saturated rings. The molecule has 1 aromatic carbocycles. The lowest BCUT2D eigenvalue weighted by Gasteiger charge is -2.04. The van der Waals surface area contributed by atoms with Crippen molar-refractivity contribution in [1.82, 2.24) is 10.2 Å². The highest BCUT2D eigenvalue weighted by atomic mass is 35.5. The molecule has 1 aromatic heterocycles. The van der Waals surface area contributed by atoms with E-state index in [2.05, 4.69) is 10.2 Å². The molecule has 0 saturated heterocycles. The third-order valence-corrected chi connectivity index (χ3v) is 3.29. The summed E-state index contributed by atoms with van der Waals surface area (Å²) in [5.74, 6) is 0.0371. The molecule has 0 aliphatic carbocycles. The molecular formula is C12H9ClN2OS. The summed E-state index contributed by atoms with van der Waals surface area (Å²) in [5.41, 5.74) is 0.689. The topological polar surface area (TPSA) is 42.9 Å². The van der Waals surface area contributed by atoms with E-state index < -0.39 is 0 Å². The summed E-state index contributed by atoms with van der Waals surface area (Å²) in [6.45, 7) is 1.55. The van der Waals surface area contributed by atoms with Crippen molar-refractivity contribution in [3.8, 4) is 0 Å². The molecular weight excluding hydrogens is 256 g/mol. The lowest BCUT2D eigenvalue weighted by molar-refractivity contribution is 0.101. The molecule has 0 spiro atoms. The number of Topliss-reactive ketones (excluding diaryl/α,β-unsaturated/α-hetero) is 1. The van der Waals surface area contributed by atoms with Gasteiger partial charge in [-0.25, -0.2) is 0 Å². The van der Waals surface area contributed by atoms with E-state index >= 15 is 0 Å². The molecule has 1 heterocycles. The van der Waals surface area contributed by atoms with E-state index in [1.165, 1.54) is 11.8 Å². The zero-order valence-electron chi connectivity index (χ0n) is 9.05. The Hall–Kier alpha value is -1.39. The van der Waals surface area contributed by atoms with Gasteiger partial charge in [-0.3, -0.25) is 4.79 Å². The van der Waals surface area contributed by atoms with E-state index in [4.69, 9.17) is 11.6 Å². The lowest BCUT2D eigenvalue weighted by atomic mass is 10.1. The molecule has 86 valence electrons. The average Bonchev–Trinajstić information content (AvgIpc) is 2.32. The van der Waals surface area contributed by atoms with E-state index in [9.17, 15) is 4.79 Å². The third kappa shape index (κ3) is 3.05. The molecule has 3 nitrogen and oxygen atoms in total. The maximum absolute atomic E-state index is 11.4. The van der Waals surface area contributed by atoms with Gasteiger partial charge in [0.25, 0.3) is 0 Å². The number of benzene rings is 1. The first-order valence-electron chi connectivity index (χ1n) is 4.94. The van der Waals surface area contributed by atoms with Crippen molar-refractivity contribution in [3.05, 3.63) is 47.1 Å². The monoisotopic (exact) mass is 264 g/mol. The molecule has 0 radical (unpaired) electrons. The number of halogens is 1. The predicted molar refractivity (Wildman–Crippen MR) is 67.6 cm³/mol. The smallest absolute Gasteiger partial charge is 0.160 e. The highest BCUT2D eigenvalue weighted by Crippen LogP contribution is 2.29. The maximum atomic E-state index is 11.4. The summed E-state index contributed by atoms with van der Waals surface area (Å²) < 4.78 is 0. The Labute approximate surface area is 108 Å². The second-order valence-corrected chi connectivity index (χ2v) is 4.80. The van der Waals surface area contributed by atoms with Gasteiger partial charge in [0.05, 0.1) is 0 Å². The van der Waals surface area contributed by atoms with Crippen LogP contribution < -0.4 is 0 Å². The average molecular weight is 265 g/mol. The first-order valence-corrected chi connectivity index (χ1v) is 6.13. The van der Waals surface area contributed by atoms with Crippen LogP contribution in [0.25, 0.3) is 0 Å². The fourth-order valence-electron chi connectivity index (χ4n) is 1.32. The van der Waals surface area contributed by atoms with Crippen molar-refractivity contribution in [2.45, 2.75) is 16.8 Å². The number of carbonyl (C=O) groups is 1. The van der Waals surface area contributed by atoms with Gasteiger partial charge in [0.15, 0.2) is 10.9 Å². The van der Waals surface area contributed by atoms with Crippen LogP contribution >= 0.6 is 23.4 Å². The lowest BCUT2D eigenvalue weighted by Crippen LogP contribution is -1.95. The van der Waals surface area contributed by atoms with Gasteiger partial charge in [0.1, 0.15) is 5.03 Å². The first-order chi connectivity index (χ1) is 8.16. The number of hydrogen-bond donors (Lipinski definition) is 0. The second kappa shape index (κ2) is 5.29. The summed E-state index contributed by atoms with van der Waals surface area (Å²) in [6.07, 6.45) is 0. The van der Waals surface area contributed by atoms with Crippen molar-refractivity contribution in [2.75, 3.05) is 0 Å². The molecule has 2 rings (SSSR count). The van der Waals surface area contributed by atoms with E-state index in [1.54, 1.807) is 25.1 Å². The number of rotatable bonds is 3. The van der Waals surface area contributed by atoms with Crippen LogP contribution in [0.1, 0.15) is 17.3 Å². The van der Waals surface area contributed by atoms with E-state index in [1.807, 2.05) is 18.2 Å². The fraction of sp³-hybridized carbons (Fsp3) is 0.0833. The molecule has 0 saturated carbocycles. The largest absolute Gasteiger partial charge is 0.294 e. The van der Waals surface area contributed by atoms with Crippen molar-refractivity contribution >= 4 is 29.1 Å². The van der Waals surface area contributed by atoms with Crippen molar-refractivity contribution < 1.29 is 4.79 Å². The third-order valence-electron chi connectivity index (χ3n) is 2.09. The SMILES string of the molecule is CC(=O)c1ccccc1Sc1ccc(Cl)nn1. The Bertz CT molecular complexity index is 542. The number of ketones is 1. The predicted octanol–water partition coefficient (Wildman–Crippen LogP) is 3.48. The Morgan fingerprint density at radius 1 is 1.18 bits per heavy atom. The Kier molecular flexibility index (Phi) is 3.76. The summed E-state index contributed by atoms with van der Waals surface area (Å²) in [5, 5.41) is 8.77. The second-order valence-electron chi connectivity index (χ2n) is 3.35. The summed E-state index contributed by atoms with van der Waals surface area (Å²) >= 11 is 7.06. The van der Waals surface area contributed by atoms with Gasteiger partial charge in [-0.05, 0) is 25.1 Å². The highest BCUT2D eigenvalue weighted by Gasteiger charge is 2.08. The normalized spacial score (nSPS) is 10.2. The van der Waals surface area contributed by atoms with Gasteiger partial charge >= 0.3 is 0 Å². The van der Waals surface area contributed by atoms with Crippen LogP contribution in [0.5, 0.6) is 0 Å². The standard InChI is InChI=1S/C12H9ClN2OS/c1-8(16)9-4-2-3-5-10(9)17-12-7-6-11(13)14-15-12/h2-7H,1H3. The number of nitrogens with zero attached hydrogens (tertiary/aromatic N) is 2. The molecule has 17 heavy (non-hydrogen) atoms. The van der Waals surface area contributed by atoms with E-state index in [-0.39, 0.29) is 5.78 Å². The highest BCUT2D eigenvalue weighted by molar-refractivity contribution is 7.99. The molecule has 5 heteroatoms. The van der Waals surface area contributed by atoms with Crippen LogP contribution in [-0.2, 0) is 0 Å². The van der Waals surface area contributed by atoms with Gasteiger partial charge in [-0.1, -0.05) is 41.6 Å². The summed E-state index contributed by atoms with van der Waals surface area (Å²) in [4.78, 5) is 12.3. The Balaban J connectivity index is 2.30. The quantitative estimate of drug-likeness (QED) is 0.796. The minimum Gasteiger partial charge on any atom is -0.294 e.